The van der Waals surface area contributed by atoms with E-state index >= 15 is 0 Å². The molecule has 0 saturated carbocycles. The van der Waals surface area contributed by atoms with Gasteiger partial charge in [0.2, 0.25) is 0 Å². The summed E-state index contributed by atoms with van der Waals surface area (Å²) >= 11 is 8.34. The highest BCUT2D eigenvalue weighted by molar-refractivity contribution is 8.01. The Balaban J connectivity index is 1.05. The summed E-state index contributed by atoms with van der Waals surface area (Å²) in [5.74, 6) is 0. The number of nitrogens with zero attached hydrogens (tertiary/aromatic N) is 3. The summed E-state index contributed by atoms with van der Waals surface area (Å²) in [6.45, 7) is 13.8. The number of hydrogen-bond acceptors (Lipinski definition) is 7. The highest BCUT2D eigenvalue weighted by atomic mass is 32.2. The van der Waals surface area contributed by atoms with Gasteiger partial charge in [0, 0.05) is 71.7 Å². The molecule has 0 spiro atoms. The lowest BCUT2D eigenvalue weighted by Gasteiger charge is -2.37. The first-order valence-corrected chi connectivity index (χ1v) is 20.1. The fourth-order valence-corrected chi connectivity index (χ4v) is 9.21. The van der Waals surface area contributed by atoms with Crippen molar-refractivity contribution in [3.05, 3.63) is 138 Å². The van der Waals surface area contributed by atoms with Crippen LogP contribution in [0.3, 0.4) is 0 Å². The Morgan fingerprint density at radius 2 is 1.69 bits per heavy atom. The molecule has 1 aliphatic heterocycles. The van der Waals surface area contributed by atoms with Gasteiger partial charge in [-0.1, -0.05) is 67.3 Å². The Morgan fingerprint density at radius 1 is 0.981 bits per heavy atom. The molecule has 2 aliphatic rings. The van der Waals surface area contributed by atoms with Gasteiger partial charge in [-0.25, -0.2) is 9.11 Å². The molecule has 1 saturated heterocycles. The molecule has 4 aromatic rings. The van der Waals surface area contributed by atoms with Gasteiger partial charge in [0.05, 0.1) is 11.2 Å². The molecule has 5 nitrogen and oxygen atoms in total. The fourth-order valence-electron chi connectivity index (χ4n) is 6.97. The third-order valence-corrected chi connectivity index (χ3v) is 13.0. The summed E-state index contributed by atoms with van der Waals surface area (Å²) in [7, 11) is 2.08. The zero-order valence-electron chi connectivity index (χ0n) is 30.6. The van der Waals surface area contributed by atoms with Crippen LogP contribution in [0.15, 0.2) is 126 Å². The quantitative estimate of drug-likeness (QED) is 0.0717. The first-order chi connectivity index (χ1) is 25.2. The monoisotopic (exact) mass is 751 g/mol. The number of aromatic nitrogens is 1. The number of alkyl halides is 1. The van der Waals surface area contributed by atoms with Crippen LogP contribution in [0, 0.1) is 13.8 Å². The molecule has 2 N–H and O–H groups in total. The molecule has 1 unspecified atom stereocenters. The van der Waals surface area contributed by atoms with E-state index in [0.29, 0.717) is 5.25 Å². The maximum atomic E-state index is 13.1. The molecule has 1 fully saturated rings. The van der Waals surface area contributed by atoms with Crippen molar-refractivity contribution >= 4 is 59.2 Å². The number of thiol groups is 1. The molecule has 6 rings (SSSR count). The average molecular weight is 752 g/mol. The van der Waals surface area contributed by atoms with Gasteiger partial charge in [-0.2, -0.15) is 0 Å². The fraction of sp³-hybridized carbons (Fsp3) is 0.302. The largest absolute Gasteiger partial charge is 0.368 e. The Bertz CT molecular complexity index is 1930. The van der Waals surface area contributed by atoms with Crippen LogP contribution >= 0.6 is 36.5 Å². The van der Waals surface area contributed by atoms with Gasteiger partial charge < -0.3 is 19.1 Å². The van der Waals surface area contributed by atoms with E-state index in [1.807, 2.05) is 18.2 Å². The summed E-state index contributed by atoms with van der Waals surface area (Å²) in [6.07, 6.45) is 11.5. The third kappa shape index (κ3) is 8.71. The molecule has 272 valence electrons. The number of allylic oxidation sites excluding steroid dienone is 5. The normalized spacial score (nSPS) is 19.6. The first-order valence-electron chi connectivity index (χ1n) is 17.9. The van der Waals surface area contributed by atoms with Crippen LogP contribution in [0.1, 0.15) is 36.7 Å². The molecule has 3 aromatic carbocycles. The zero-order valence-corrected chi connectivity index (χ0v) is 33.1. The summed E-state index contributed by atoms with van der Waals surface area (Å²) < 4.78 is 22.6. The predicted octanol–water partition coefficient (Wildman–Crippen LogP) is 10.8. The minimum absolute atomic E-state index is 0.138. The summed E-state index contributed by atoms with van der Waals surface area (Å²) in [4.78, 5) is 7.26. The van der Waals surface area contributed by atoms with Crippen molar-refractivity contribution in [1.82, 2.24) is 9.29 Å². The van der Waals surface area contributed by atoms with Gasteiger partial charge in [0.1, 0.15) is 6.67 Å². The second kappa shape index (κ2) is 17.4. The van der Waals surface area contributed by atoms with Crippen molar-refractivity contribution in [3.8, 4) is 11.1 Å². The topological polar surface area (TPSA) is 35.5 Å². The number of hydrogen-bond donors (Lipinski definition) is 3. The molecule has 1 aromatic heterocycles. The van der Waals surface area contributed by atoms with Crippen LogP contribution in [0.4, 0.5) is 21.5 Å². The van der Waals surface area contributed by atoms with Gasteiger partial charge in [-0.3, -0.25) is 0 Å². The van der Waals surface area contributed by atoms with E-state index < -0.39 is 6.67 Å². The van der Waals surface area contributed by atoms with Crippen LogP contribution in [-0.2, 0) is 7.05 Å². The van der Waals surface area contributed by atoms with Gasteiger partial charge in [-0.15, -0.1) is 12.6 Å². The first kappa shape index (κ1) is 38.0. The molecule has 0 radical (unpaired) electrons. The molecular formula is C43H50FN5S3. The number of piperazine rings is 1. The summed E-state index contributed by atoms with van der Waals surface area (Å²) in [6, 6.07) is 28.1. The molecule has 2 heterocycles. The van der Waals surface area contributed by atoms with Crippen molar-refractivity contribution in [2.75, 3.05) is 47.4 Å². The lowest BCUT2D eigenvalue weighted by atomic mass is 9.90. The van der Waals surface area contributed by atoms with E-state index in [-0.39, 0.29) is 5.54 Å². The van der Waals surface area contributed by atoms with Crippen molar-refractivity contribution in [3.63, 3.8) is 0 Å². The number of halogens is 1. The molecule has 1 aliphatic carbocycles. The highest BCUT2D eigenvalue weighted by Gasteiger charge is 2.32. The van der Waals surface area contributed by atoms with Crippen LogP contribution in [0.5, 0.6) is 0 Å². The van der Waals surface area contributed by atoms with Crippen LogP contribution in [0.2, 0.25) is 0 Å². The van der Waals surface area contributed by atoms with E-state index in [4.69, 9.17) is 12.6 Å². The molecule has 2 atom stereocenters. The van der Waals surface area contributed by atoms with Crippen LogP contribution in [0.25, 0.3) is 16.7 Å². The van der Waals surface area contributed by atoms with E-state index in [2.05, 4.69) is 137 Å². The third-order valence-electron chi connectivity index (χ3n) is 10.3. The zero-order chi connectivity index (χ0) is 36.7. The maximum absolute atomic E-state index is 13.1. The van der Waals surface area contributed by atoms with Gasteiger partial charge in [0.25, 0.3) is 0 Å². The number of benzene rings is 3. The standard InChI is InChI=1S/C43H50FN5S3/c1-6-12-33(14-11-24-44)42-41(31(2)32(3)47(42)5)34-13-10-15-37(29-34)49-27-25-48(26-28-49)36-20-18-35(19-21-36)45-51-39-22-23-43(4,40(50)30-39)46-52-38-16-8-7-9-17-38/h6-21,29-30,39,45-46,50H,1,22-28H2,2-5H3/b14-11-,33-12+/t39?,43-/m0/s1. The average Bonchev–Trinajstić information content (AvgIpc) is 3.40. The Hall–Kier alpha value is -3.76. The Labute approximate surface area is 323 Å². The predicted molar refractivity (Wildman–Crippen MR) is 230 cm³/mol. The second-order valence-electron chi connectivity index (χ2n) is 13.7. The van der Waals surface area contributed by atoms with Crippen molar-refractivity contribution in [2.24, 2.45) is 7.05 Å². The van der Waals surface area contributed by atoms with Crippen LogP contribution < -0.4 is 19.2 Å². The minimum Gasteiger partial charge on any atom is -0.368 e. The number of anilines is 3. The molecular weight excluding hydrogens is 702 g/mol. The molecule has 0 bridgehead atoms. The van der Waals surface area contributed by atoms with E-state index in [9.17, 15) is 4.39 Å². The molecule has 52 heavy (non-hydrogen) atoms. The highest BCUT2D eigenvalue weighted by Crippen LogP contribution is 2.40. The molecule has 0 amide bonds. The smallest absolute Gasteiger partial charge is 0.108 e. The lowest BCUT2D eigenvalue weighted by molar-refractivity contribution is 0.459. The summed E-state index contributed by atoms with van der Waals surface area (Å²) in [5.41, 5.74) is 10.3. The minimum atomic E-state index is -0.503. The van der Waals surface area contributed by atoms with Crippen molar-refractivity contribution in [2.45, 2.75) is 49.3 Å². The van der Waals surface area contributed by atoms with Gasteiger partial charge in [-0.05, 0) is 128 Å². The van der Waals surface area contributed by atoms with Gasteiger partial charge >= 0.3 is 0 Å². The lowest BCUT2D eigenvalue weighted by Crippen LogP contribution is -2.46. The Morgan fingerprint density at radius 3 is 2.37 bits per heavy atom. The summed E-state index contributed by atoms with van der Waals surface area (Å²) in [5, 5.41) is 0.362. The number of nitrogens with one attached hydrogen (secondary N) is 2. The van der Waals surface area contributed by atoms with Crippen LogP contribution in [-0.4, -0.2) is 48.2 Å². The van der Waals surface area contributed by atoms with E-state index in [1.54, 1.807) is 36.0 Å². The van der Waals surface area contributed by atoms with E-state index in [1.165, 1.54) is 38.7 Å². The maximum Gasteiger partial charge on any atom is 0.108 e. The Kier molecular flexibility index (Phi) is 12.7. The number of rotatable bonds is 13. The molecule has 9 heteroatoms. The van der Waals surface area contributed by atoms with Crippen molar-refractivity contribution < 1.29 is 4.39 Å². The second-order valence-corrected chi connectivity index (χ2v) is 16.1. The van der Waals surface area contributed by atoms with Crippen molar-refractivity contribution in [1.29, 1.82) is 0 Å². The van der Waals surface area contributed by atoms with E-state index in [0.717, 1.165) is 60.9 Å². The van der Waals surface area contributed by atoms with Gasteiger partial charge in [0.15, 0.2) is 0 Å². The SMILES string of the molecule is C=C/C=C(\C=C/CF)c1c(-c2cccc(N3CCN(c4ccc(NSC5C=C(S)[C@@](C)(NSc6ccccc6)CC5)cc4)CC3)c2)c(C)c(C)n1C.